The van der Waals surface area contributed by atoms with Gasteiger partial charge in [-0.2, -0.15) is 0 Å². The summed E-state index contributed by atoms with van der Waals surface area (Å²) in [5.74, 6) is -1.52. The number of carbonyl (C=O) groups is 2. The lowest BCUT2D eigenvalue weighted by molar-refractivity contribution is -0.140. The number of carbonyl (C=O) groups excluding carboxylic acids is 2. The maximum atomic E-state index is 13.8. The van der Waals surface area contributed by atoms with Gasteiger partial charge in [-0.3, -0.25) is 14.5 Å². The number of allylic oxidation sites excluding steroid dienone is 2. The molecular formula is C15H13ClFNO2. The topological polar surface area (TPSA) is 37.4 Å². The first-order valence-corrected chi connectivity index (χ1v) is 6.90. The van der Waals surface area contributed by atoms with E-state index in [2.05, 4.69) is 0 Å². The third-order valence-electron chi connectivity index (χ3n) is 3.98. The number of rotatable bonds is 2. The summed E-state index contributed by atoms with van der Waals surface area (Å²) >= 11 is 5.95. The summed E-state index contributed by atoms with van der Waals surface area (Å²) in [6.07, 6.45) is 5.01. The van der Waals surface area contributed by atoms with E-state index >= 15 is 0 Å². The summed E-state index contributed by atoms with van der Waals surface area (Å²) in [4.78, 5) is 25.7. The molecule has 0 aromatic heterocycles. The van der Waals surface area contributed by atoms with Crippen molar-refractivity contribution in [3.05, 3.63) is 46.8 Å². The molecule has 1 aromatic carbocycles. The molecule has 3 rings (SSSR count). The van der Waals surface area contributed by atoms with Crippen LogP contribution in [0.2, 0.25) is 5.02 Å². The summed E-state index contributed by atoms with van der Waals surface area (Å²) in [5, 5.41) is 0.235. The Morgan fingerprint density at radius 1 is 1.15 bits per heavy atom. The van der Waals surface area contributed by atoms with Crippen molar-refractivity contribution < 1.29 is 14.0 Å². The summed E-state index contributed by atoms with van der Waals surface area (Å²) in [5.41, 5.74) is 0.197. The molecule has 1 aromatic rings. The van der Waals surface area contributed by atoms with E-state index in [-0.39, 0.29) is 40.8 Å². The lowest BCUT2D eigenvalue weighted by Gasteiger charge is -2.16. The Hall–Kier alpha value is -1.68. The summed E-state index contributed by atoms with van der Waals surface area (Å²) in [7, 11) is 0. The van der Waals surface area contributed by atoms with Crippen molar-refractivity contribution in [1.82, 2.24) is 4.90 Å². The quantitative estimate of drug-likeness (QED) is 0.621. The zero-order chi connectivity index (χ0) is 14.3. The Balaban J connectivity index is 1.88. The van der Waals surface area contributed by atoms with Gasteiger partial charge in [0.2, 0.25) is 11.8 Å². The minimum atomic E-state index is -0.494. The van der Waals surface area contributed by atoms with Crippen molar-refractivity contribution in [3.63, 3.8) is 0 Å². The normalized spacial score (nSPS) is 25.2. The molecule has 104 valence electrons. The minimum absolute atomic E-state index is 0.0871. The van der Waals surface area contributed by atoms with E-state index in [4.69, 9.17) is 11.6 Å². The fourth-order valence-corrected chi connectivity index (χ4v) is 3.09. The van der Waals surface area contributed by atoms with E-state index in [1.165, 1.54) is 12.1 Å². The highest BCUT2D eigenvalue weighted by molar-refractivity contribution is 6.31. The molecule has 20 heavy (non-hydrogen) atoms. The van der Waals surface area contributed by atoms with Crippen LogP contribution in [-0.2, 0) is 16.1 Å². The summed E-state index contributed by atoms with van der Waals surface area (Å²) in [6, 6.07) is 4.33. The van der Waals surface area contributed by atoms with Crippen molar-refractivity contribution in [2.45, 2.75) is 19.4 Å². The lowest BCUT2D eigenvalue weighted by Crippen LogP contribution is -2.31. The predicted octanol–water partition coefficient (Wildman–Crippen LogP) is 2.93. The molecular weight excluding hydrogens is 281 g/mol. The lowest BCUT2D eigenvalue weighted by atomic mass is 9.85. The molecule has 5 heteroatoms. The van der Waals surface area contributed by atoms with Crippen LogP contribution in [0, 0.1) is 17.7 Å². The molecule has 0 spiro atoms. The van der Waals surface area contributed by atoms with Gasteiger partial charge in [-0.1, -0.05) is 29.8 Å². The van der Waals surface area contributed by atoms with Gasteiger partial charge in [0, 0.05) is 10.6 Å². The molecule has 0 bridgehead atoms. The second-order valence-corrected chi connectivity index (χ2v) is 5.53. The molecule has 1 fully saturated rings. The van der Waals surface area contributed by atoms with E-state index in [1.807, 2.05) is 12.2 Å². The zero-order valence-corrected chi connectivity index (χ0v) is 11.4. The highest BCUT2D eigenvalue weighted by Gasteiger charge is 2.47. The fourth-order valence-electron chi connectivity index (χ4n) is 2.87. The number of likely N-dealkylation sites (tertiary alicyclic amines) is 1. The van der Waals surface area contributed by atoms with Gasteiger partial charge >= 0.3 is 0 Å². The van der Waals surface area contributed by atoms with Crippen LogP contribution in [0.5, 0.6) is 0 Å². The van der Waals surface area contributed by atoms with Crippen molar-refractivity contribution in [2.24, 2.45) is 11.8 Å². The number of imide groups is 1. The van der Waals surface area contributed by atoms with Gasteiger partial charge in [0.15, 0.2) is 0 Å². The standard InChI is InChI=1S/C15H13ClFNO2/c16-12-6-3-7-13(17)11(12)8-18-14(19)9-4-1-2-5-10(9)15(18)20/h1-3,6-7,9-10H,4-5,8H2/t9-,10-/m1/s1. The second-order valence-electron chi connectivity index (χ2n) is 5.12. The highest BCUT2D eigenvalue weighted by atomic mass is 35.5. The number of nitrogens with zero attached hydrogens (tertiary/aromatic N) is 1. The molecule has 0 unspecified atom stereocenters. The van der Waals surface area contributed by atoms with E-state index in [1.54, 1.807) is 6.07 Å². The molecule has 1 aliphatic heterocycles. The van der Waals surface area contributed by atoms with Gasteiger partial charge < -0.3 is 0 Å². The number of amides is 2. The number of fused-ring (bicyclic) bond motifs is 1. The Kier molecular flexibility index (Phi) is 3.34. The van der Waals surface area contributed by atoms with Crippen LogP contribution in [0.1, 0.15) is 18.4 Å². The average molecular weight is 294 g/mol. The van der Waals surface area contributed by atoms with Crippen LogP contribution in [0.4, 0.5) is 4.39 Å². The molecule has 0 N–H and O–H groups in total. The van der Waals surface area contributed by atoms with Gasteiger partial charge in [-0.15, -0.1) is 0 Å². The van der Waals surface area contributed by atoms with E-state index < -0.39 is 5.82 Å². The van der Waals surface area contributed by atoms with Crippen LogP contribution < -0.4 is 0 Å². The van der Waals surface area contributed by atoms with Gasteiger partial charge in [-0.05, 0) is 25.0 Å². The summed E-state index contributed by atoms with van der Waals surface area (Å²) in [6.45, 7) is -0.0871. The van der Waals surface area contributed by atoms with Crippen LogP contribution in [0.15, 0.2) is 30.4 Å². The van der Waals surface area contributed by atoms with E-state index in [0.717, 1.165) is 4.90 Å². The van der Waals surface area contributed by atoms with Crippen molar-refractivity contribution in [1.29, 1.82) is 0 Å². The van der Waals surface area contributed by atoms with E-state index in [0.29, 0.717) is 12.8 Å². The fraction of sp³-hybridized carbons (Fsp3) is 0.333. The molecule has 2 amide bonds. The predicted molar refractivity (Wildman–Crippen MR) is 72.3 cm³/mol. The number of hydrogen-bond acceptors (Lipinski definition) is 2. The SMILES string of the molecule is O=C1[C@@H]2CC=CC[C@H]2C(=O)N1Cc1c(F)cccc1Cl. The highest BCUT2D eigenvalue weighted by Crippen LogP contribution is 2.36. The Labute approximate surface area is 121 Å². The number of hydrogen-bond donors (Lipinski definition) is 0. The third-order valence-corrected chi connectivity index (χ3v) is 4.33. The zero-order valence-electron chi connectivity index (χ0n) is 10.7. The Morgan fingerprint density at radius 2 is 1.75 bits per heavy atom. The molecule has 0 saturated carbocycles. The molecule has 2 aliphatic rings. The molecule has 1 heterocycles. The van der Waals surface area contributed by atoms with Crippen LogP contribution >= 0.6 is 11.6 Å². The second kappa shape index (κ2) is 5.02. The minimum Gasteiger partial charge on any atom is -0.277 e. The Morgan fingerprint density at radius 3 is 2.30 bits per heavy atom. The third kappa shape index (κ3) is 2.04. The first-order valence-electron chi connectivity index (χ1n) is 6.52. The first kappa shape index (κ1) is 13.3. The van der Waals surface area contributed by atoms with Crippen molar-refractivity contribution in [3.8, 4) is 0 Å². The Bertz CT molecular complexity index is 568. The molecule has 2 atom stereocenters. The first-order chi connectivity index (χ1) is 9.59. The van der Waals surface area contributed by atoms with Crippen LogP contribution in [-0.4, -0.2) is 16.7 Å². The van der Waals surface area contributed by atoms with Crippen molar-refractivity contribution >= 4 is 23.4 Å². The smallest absolute Gasteiger partial charge is 0.233 e. The van der Waals surface area contributed by atoms with Gasteiger partial charge in [0.1, 0.15) is 5.82 Å². The van der Waals surface area contributed by atoms with E-state index in [9.17, 15) is 14.0 Å². The van der Waals surface area contributed by atoms with Crippen LogP contribution in [0.3, 0.4) is 0 Å². The number of benzene rings is 1. The van der Waals surface area contributed by atoms with Gasteiger partial charge in [-0.25, -0.2) is 4.39 Å². The molecule has 0 radical (unpaired) electrons. The monoisotopic (exact) mass is 293 g/mol. The molecule has 1 aliphatic carbocycles. The maximum Gasteiger partial charge on any atom is 0.233 e. The van der Waals surface area contributed by atoms with Crippen LogP contribution in [0.25, 0.3) is 0 Å². The van der Waals surface area contributed by atoms with Gasteiger partial charge in [0.25, 0.3) is 0 Å². The molecule has 3 nitrogen and oxygen atoms in total. The maximum absolute atomic E-state index is 13.8. The van der Waals surface area contributed by atoms with Crippen molar-refractivity contribution in [2.75, 3.05) is 0 Å². The van der Waals surface area contributed by atoms with Gasteiger partial charge in [0.05, 0.1) is 18.4 Å². The average Bonchev–Trinajstić information content (AvgIpc) is 2.68. The largest absolute Gasteiger partial charge is 0.277 e. The molecule has 1 saturated heterocycles. The summed E-state index contributed by atoms with van der Waals surface area (Å²) < 4.78 is 13.8. The number of halogens is 2.